The van der Waals surface area contributed by atoms with Crippen LogP contribution in [-0.4, -0.2) is 43.9 Å². The average molecular weight is 332 g/mol. The number of esters is 1. The highest BCUT2D eigenvalue weighted by molar-refractivity contribution is 7.91. The molecular weight excluding hydrogens is 316 g/mol. The molecule has 2 rings (SSSR count). The van der Waals surface area contributed by atoms with E-state index < -0.39 is 15.8 Å². The molecule has 0 bridgehead atoms. The van der Waals surface area contributed by atoms with Gasteiger partial charge in [0.2, 0.25) is 5.91 Å². The first-order chi connectivity index (χ1) is 9.88. The quantitative estimate of drug-likeness (QED) is 0.793. The molecule has 1 atom stereocenters. The van der Waals surface area contributed by atoms with Crippen LogP contribution in [0.5, 0.6) is 0 Å². The zero-order valence-electron chi connectivity index (χ0n) is 11.5. The van der Waals surface area contributed by atoms with E-state index in [1.54, 1.807) is 5.38 Å². The second-order valence-corrected chi connectivity index (χ2v) is 8.01. The molecule has 0 saturated carbocycles. The third-order valence-corrected chi connectivity index (χ3v) is 5.80. The van der Waals surface area contributed by atoms with E-state index in [4.69, 9.17) is 0 Å². The highest BCUT2D eigenvalue weighted by atomic mass is 32.2. The van der Waals surface area contributed by atoms with E-state index in [2.05, 4.69) is 15.0 Å². The van der Waals surface area contributed by atoms with Crippen molar-refractivity contribution in [2.45, 2.75) is 19.3 Å². The van der Waals surface area contributed by atoms with E-state index in [0.717, 1.165) is 0 Å². The van der Waals surface area contributed by atoms with Crippen LogP contribution in [0.15, 0.2) is 5.38 Å². The summed E-state index contributed by atoms with van der Waals surface area (Å²) in [5.74, 6) is -0.535. The summed E-state index contributed by atoms with van der Waals surface area (Å²) >= 11 is 1.22. The van der Waals surface area contributed by atoms with E-state index >= 15 is 0 Å². The summed E-state index contributed by atoms with van der Waals surface area (Å²) < 4.78 is 27.2. The van der Waals surface area contributed by atoms with E-state index in [0.29, 0.717) is 17.2 Å². The van der Waals surface area contributed by atoms with Crippen LogP contribution in [-0.2, 0) is 30.6 Å². The molecule has 0 aromatic carbocycles. The number of thiazole rings is 1. The molecule has 7 nitrogen and oxygen atoms in total. The first-order valence-corrected chi connectivity index (χ1v) is 9.09. The molecule has 1 N–H and O–H groups in total. The largest absolute Gasteiger partial charge is 0.469 e. The van der Waals surface area contributed by atoms with E-state index in [1.165, 1.54) is 18.4 Å². The Balaban J connectivity index is 1.84. The van der Waals surface area contributed by atoms with Gasteiger partial charge in [0, 0.05) is 11.8 Å². The number of nitrogens with zero attached hydrogens (tertiary/aromatic N) is 1. The van der Waals surface area contributed by atoms with Gasteiger partial charge in [0.15, 0.2) is 15.0 Å². The van der Waals surface area contributed by atoms with Crippen molar-refractivity contribution in [2.75, 3.05) is 23.9 Å². The topological polar surface area (TPSA) is 102 Å². The molecule has 1 aromatic heterocycles. The van der Waals surface area contributed by atoms with Gasteiger partial charge in [-0.2, -0.15) is 0 Å². The first-order valence-electron chi connectivity index (χ1n) is 6.39. The van der Waals surface area contributed by atoms with Gasteiger partial charge in [0.1, 0.15) is 0 Å². The molecule has 0 aliphatic carbocycles. The Morgan fingerprint density at radius 3 is 2.90 bits per heavy atom. The summed E-state index contributed by atoms with van der Waals surface area (Å²) in [5.41, 5.74) is 0.533. The van der Waals surface area contributed by atoms with Gasteiger partial charge in [-0.05, 0) is 12.3 Å². The van der Waals surface area contributed by atoms with Gasteiger partial charge in [-0.15, -0.1) is 11.3 Å². The number of rotatable bonds is 5. The second kappa shape index (κ2) is 6.52. The lowest BCUT2D eigenvalue weighted by Gasteiger charge is -2.06. The number of amides is 1. The van der Waals surface area contributed by atoms with Crippen LogP contribution in [0.2, 0.25) is 0 Å². The minimum atomic E-state index is -2.97. The lowest BCUT2D eigenvalue weighted by molar-refractivity contribution is -0.139. The third kappa shape index (κ3) is 4.78. The number of sulfone groups is 1. The van der Waals surface area contributed by atoms with Gasteiger partial charge in [0.25, 0.3) is 0 Å². The summed E-state index contributed by atoms with van der Waals surface area (Å²) in [6.45, 7) is 0. The van der Waals surface area contributed by atoms with Crippen LogP contribution >= 0.6 is 11.3 Å². The Morgan fingerprint density at radius 2 is 2.29 bits per heavy atom. The predicted octanol–water partition coefficient (Wildman–Crippen LogP) is 0.622. The van der Waals surface area contributed by atoms with Gasteiger partial charge in [-0.3, -0.25) is 9.59 Å². The lowest BCUT2D eigenvalue weighted by Crippen LogP contribution is -2.17. The Morgan fingerprint density at radius 1 is 1.52 bits per heavy atom. The maximum absolute atomic E-state index is 11.8. The monoisotopic (exact) mass is 332 g/mol. The van der Waals surface area contributed by atoms with Gasteiger partial charge < -0.3 is 10.1 Å². The van der Waals surface area contributed by atoms with E-state index in [-0.39, 0.29) is 36.2 Å². The van der Waals surface area contributed by atoms with E-state index in [9.17, 15) is 18.0 Å². The molecule has 1 amide bonds. The van der Waals surface area contributed by atoms with E-state index in [1.807, 2.05) is 0 Å². The summed E-state index contributed by atoms with van der Waals surface area (Å²) in [4.78, 5) is 27.0. The minimum Gasteiger partial charge on any atom is -0.469 e. The fraction of sp³-hybridized carbons (Fsp3) is 0.583. The van der Waals surface area contributed by atoms with Crippen molar-refractivity contribution in [3.8, 4) is 0 Å². The average Bonchev–Trinajstić information content (AvgIpc) is 2.96. The Labute approximate surface area is 126 Å². The zero-order valence-corrected chi connectivity index (χ0v) is 13.1. The Bertz CT molecular complexity index is 638. The van der Waals surface area contributed by atoms with Crippen LogP contribution < -0.4 is 5.32 Å². The van der Waals surface area contributed by atoms with Crippen LogP contribution in [0.1, 0.15) is 18.5 Å². The van der Waals surface area contributed by atoms with Crippen LogP contribution in [0.25, 0.3) is 0 Å². The van der Waals surface area contributed by atoms with Crippen molar-refractivity contribution >= 4 is 38.2 Å². The molecule has 1 aliphatic rings. The first kappa shape index (κ1) is 15.9. The molecule has 9 heteroatoms. The molecule has 0 spiro atoms. The smallest absolute Gasteiger partial charge is 0.311 e. The number of carbonyl (C=O) groups excluding carboxylic acids is 2. The van der Waals surface area contributed by atoms with Crippen molar-refractivity contribution in [1.82, 2.24) is 4.98 Å². The molecule has 0 radical (unpaired) electrons. The fourth-order valence-electron chi connectivity index (χ4n) is 2.13. The number of carbonyl (C=O) groups is 2. The molecule has 1 fully saturated rings. The van der Waals surface area contributed by atoms with Gasteiger partial charge in [-0.25, -0.2) is 13.4 Å². The van der Waals surface area contributed by atoms with Crippen LogP contribution in [0, 0.1) is 5.92 Å². The third-order valence-electron chi connectivity index (χ3n) is 3.15. The fourth-order valence-corrected chi connectivity index (χ4v) is 4.72. The van der Waals surface area contributed by atoms with Crippen molar-refractivity contribution in [2.24, 2.45) is 5.92 Å². The summed E-state index contributed by atoms with van der Waals surface area (Å²) in [6.07, 6.45) is 0.760. The summed E-state index contributed by atoms with van der Waals surface area (Å²) in [7, 11) is -1.67. The molecule has 116 valence electrons. The number of aromatic nitrogens is 1. The van der Waals surface area contributed by atoms with Crippen molar-refractivity contribution in [3.05, 3.63) is 11.1 Å². The predicted molar refractivity (Wildman–Crippen MR) is 77.8 cm³/mol. The number of hydrogen-bond donors (Lipinski definition) is 1. The molecule has 1 aromatic rings. The van der Waals surface area contributed by atoms with Gasteiger partial charge >= 0.3 is 5.97 Å². The van der Waals surface area contributed by atoms with Crippen molar-refractivity contribution in [1.29, 1.82) is 0 Å². The molecule has 1 aliphatic heterocycles. The minimum absolute atomic E-state index is 0.0593. The van der Waals surface area contributed by atoms with Crippen molar-refractivity contribution < 1.29 is 22.7 Å². The number of nitrogens with one attached hydrogen (secondary N) is 1. The maximum atomic E-state index is 11.8. The van der Waals surface area contributed by atoms with Crippen LogP contribution in [0.3, 0.4) is 0 Å². The van der Waals surface area contributed by atoms with Gasteiger partial charge in [0.05, 0.1) is 30.7 Å². The number of anilines is 1. The number of methoxy groups -OCH3 is 1. The molecule has 2 heterocycles. The van der Waals surface area contributed by atoms with Gasteiger partial charge in [-0.1, -0.05) is 0 Å². The second-order valence-electron chi connectivity index (χ2n) is 4.92. The maximum Gasteiger partial charge on any atom is 0.311 e. The Hall–Kier alpha value is -1.48. The lowest BCUT2D eigenvalue weighted by atomic mass is 10.1. The zero-order chi connectivity index (χ0) is 15.5. The highest BCUT2D eigenvalue weighted by Gasteiger charge is 2.29. The van der Waals surface area contributed by atoms with Crippen LogP contribution in [0.4, 0.5) is 5.13 Å². The number of hydrogen-bond acceptors (Lipinski definition) is 7. The summed E-state index contributed by atoms with van der Waals surface area (Å²) in [6, 6.07) is 0. The van der Waals surface area contributed by atoms with Crippen molar-refractivity contribution in [3.63, 3.8) is 0 Å². The highest BCUT2D eigenvalue weighted by Crippen LogP contribution is 2.23. The SMILES string of the molecule is COC(=O)Cc1csc(NC(=O)CC2CCS(=O)(=O)C2)n1. The Kier molecular flexibility index (Phi) is 4.94. The standard InChI is InChI=1S/C12H16N2O5S2/c1-19-11(16)5-9-6-20-12(13-9)14-10(15)4-8-2-3-21(17,18)7-8/h6,8H,2-5,7H2,1H3,(H,13,14,15). The summed E-state index contributed by atoms with van der Waals surface area (Å²) in [5, 5.41) is 4.71. The normalized spacial score (nSPS) is 20.1. The molecule has 21 heavy (non-hydrogen) atoms. The molecular formula is C12H16N2O5S2. The molecule has 1 unspecified atom stereocenters. The molecule has 1 saturated heterocycles. The number of ether oxygens (including phenoxy) is 1.